The van der Waals surface area contributed by atoms with Crippen LogP contribution in [0.15, 0.2) is 60.5 Å². The smallest absolute Gasteiger partial charge is 0.228 e. The zero-order valence-electron chi connectivity index (χ0n) is 17.8. The van der Waals surface area contributed by atoms with Gasteiger partial charge in [-0.25, -0.2) is 0 Å². The molecule has 2 aromatic heterocycles. The third kappa shape index (κ3) is 5.22. The molecule has 156 valence electrons. The van der Waals surface area contributed by atoms with E-state index >= 15 is 0 Å². The molecule has 0 saturated carbocycles. The van der Waals surface area contributed by atoms with Crippen molar-refractivity contribution < 1.29 is 4.79 Å². The quantitative estimate of drug-likeness (QED) is 0.794. The first-order valence-corrected chi connectivity index (χ1v) is 10.8. The molecule has 1 aliphatic carbocycles. The standard InChI is InChI=1S/C25H30N4O/c1-18-15-22(9-12-26-18)20-5-3-19(4-6-20)16-25(30)28-23-7-8-24(27-17-23)21-10-13-29(2)14-11-21/h3-5,7-9,12,15,17,20-21H,6,10-11,13-14,16H2,1-2H3,(H,28,30). The highest BCUT2D eigenvalue weighted by molar-refractivity contribution is 5.92. The number of rotatable bonds is 5. The Morgan fingerprint density at radius 1 is 1.20 bits per heavy atom. The van der Waals surface area contributed by atoms with Crippen LogP contribution in [0.25, 0.3) is 0 Å². The highest BCUT2D eigenvalue weighted by Crippen LogP contribution is 2.28. The maximum atomic E-state index is 12.5. The monoisotopic (exact) mass is 402 g/mol. The van der Waals surface area contributed by atoms with Gasteiger partial charge in [-0.15, -0.1) is 0 Å². The van der Waals surface area contributed by atoms with Gasteiger partial charge in [0.15, 0.2) is 0 Å². The zero-order valence-corrected chi connectivity index (χ0v) is 17.8. The Morgan fingerprint density at radius 3 is 2.70 bits per heavy atom. The van der Waals surface area contributed by atoms with E-state index in [9.17, 15) is 4.79 Å². The Balaban J connectivity index is 1.28. The molecular weight excluding hydrogens is 372 g/mol. The molecule has 1 atom stereocenters. The minimum atomic E-state index is -0.00190. The van der Waals surface area contributed by atoms with E-state index in [1.54, 1.807) is 6.20 Å². The van der Waals surface area contributed by atoms with E-state index in [1.807, 2.05) is 19.2 Å². The Hall–Kier alpha value is -2.79. The Labute approximate surface area is 178 Å². The number of nitrogens with zero attached hydrogens (tertiary/aromatic N) is 3. The van der Waals surface area contributed by atoms with Crippen LogP contribution >= 0.6 is 0 Å². The number of nitrogens with one attached hydrogen (secondary N) is 1. The molecule has 1 amide bonds. The molecule has 0 bridgehead atoms. The fraction of sp³-hybridized carbons (Fsp3) is 0.400. The van der Waals surface area contributed by atoms with Crippen LogP contribution < -0.4 is 5.32 Å². The molecule has 1 saturated heterocycles. The molecular formula is C25H30N4O. The van der Waals surface area contributed by atoms with Crippen LogP contribution in [0.2, 0.25) is 0 Å². The van der Waals surface area contributed by atoms with Crippen LogP contribution in [0.1, 0.15) is 54.5 Å². The lowest BCUT2D eigenvalue weighted by molar-refractivity contribution is -0.115. The van der Waals surface area contributed by atoms with Gasteiger partial charge in [0.05, 0.1) is 18.3 Å². The summed E-state index contributed by atoms with van der Waals surface area (Å²) in [5.41, 5.74) is 5.27. The molecule has 0 spiro atoms. The second-order valence-corrected chi connectivity index (χ2v) is 8.49. The average Bonchev–Trinajstić information content (AvgIpc) is 2.75. The zero-order chi connectivity index (χ0) is 20.9. The van der Waals surface area contributed by atoms with Crippen molar-refractivity contribution in [2.75, 3.05) is 25.5 Å². The first-order chi connectivity index (χ1) is 14.6. The summed E-state index contributed by atoms with van der Waals surface area (Å²) in [7, 11) is 2.17. The van der Waals surface area contributed by atoms with E-state index in [1.165, 1.54) is 5.56 Å². The summed E-state index contributed by atoms with van der Waals surface area (Å²) >= 11 is 0. The SMILES string of the molecule is Cc1cc(C2C=CC(CC(=O)Nc3ccc(C4CCN(C)CC4)nc3)=CC2)ccn1. The number of piperidine rings is 1. The number of carbonyl (C=O) groups excluding carboxylic acids is 1. The van der Waals surface area contributed by atoms with Crippen molar-refractivity contribution in [2.24, 2.45) is 0 Å². The van der Waals surface area contributed by atoms with Gasteiger partial charge in [-0.2, -0.15) is 0 Å². The molecule has 2 aromatic rings. The number of aryl methyl sites for hydroxylation is 1. The van der Waals surface area contributed by atoms with Crippen LogP contribution in [-0.4, -0.2) is 40.9 Å². The third-order valence-electron chi connectivity index (χ3n) is 6.10. The van der Waals surface area contributed by atoms with Crippen molar-refractivity contribution in [3.63, 3.8) is 0 Å². The van der Waals surface area contributed by atoms with Gasteiger partial charge in [-0.05, 0) is 81.7 Å². The number of amides is 1. The van der Waals surface area contributed by atoms with Gasteiger partial charge in [0, 0.05) is 29.4 Å². The van der Waals surface area contributed by atoms with Crippen LogP contribution in [-0.2, 0) is 4.79 Å². The van der Waals surface area contributed by atoms with E-state index in [-0.39, 0.29) is 5.91 Å². The first-order valence-electron chi connectivity index (χ1n) is 10.8. The van der Waals surface area contributed by atoms with Gasteiger partial charge in [0.1, 0.15) is 0 Å². The lowest BCUT2D eigenvalue weighted by atomic mass is 9.89. The van der Waals surface area contributed by atoms with Crippen molar-refractivity contribution in [1.29, 1.82) is 0 Å². The number of hydrogen-bond donors (Lipinski definition) is 1. The maximum absolute atomic E-state index is 12.5. The van der Waals surface area contributed by atoms with Gasteiger partial charge in [-0.1, -0.05) is 18.2 Å². The molecule has 1 N–H and O–H groups in total. The summed E-state index contributed by atoms with van der Waals surface area (Å²) in [6, 6.07) is 8.23. The summed E-state index contributed by atoms with van der Waals surface area (Å²) in [6.07, 6.45) is 13.7. The molecule has 5 heteroatoms. The summed E-state index contributed by atoms with van der Waals surface area (Å²) in [5.74, 6) is 0.883. The molecule has 30 heavy (non-hydrogen) atoms. The summed E-state index contributed by atoms with van der Waals surface area (Å²) < 4.78 is 0. The van der Waals surface area contributed by atoms with Gasteiger partial charge >= 0.3 is 0 Å². The molecule has 1 aliphatic heterocycles. The molecule has 3 heterocycles. The summed E-state index contributed by atoms with van der Waals surface area (Å²) in [6.45, 7) is 4.25. The van der Waals surface area contributed by atoms with Gasteiger partial charge in [0.25, 0.3) is 0 Å². The van der Waals surface area contributed by atoms with E-state index in [2.05, 4.69) is 63.7 Å². The Kier molecular flexibility index (Phi) is 6.38. The second kappa shape index (κ2) is 9.35. The fourth-order valence-electron chi connectivity index (χ4n) is 4.26. The highest BCUT2D eigenvalue weighted by atomic mass is 16.1. The minimum Gasteiger partial charge on any atom is -0.324 e. The van der Waals surface area contributed by atoms with Gasteiger partial charge in [-0.3, -0.25) is 14.8 Å². The average molecular weight is 403 g/mol. The van der Waals surface area contributed by atoms with Crippen molar-refractivity contribution >= 4 is 11.6 Å². The number of carbonyl (C=O) groups is 1. The number of aromatic nitrogens is 2. The predicted molar refractivity (Wildman–Crippen MR) is 121 cm³/mol. The molecule has 0 radical (unpaired) electrons. The van der Waals surface area contributed by atoms with Crippen LogP contribution in [0.4, 0.5) is 5.69 Å². The van der Waals surface area contributed by atoms with Crippen LogP contribution in [0.5, 0.6) is 0 Å². The molecule has 1 unspecified atom stereocenters. The lowest BCUT2D eigenvalue weighted by Crippen LogP contribution is -2.29. The first kappa shape index (κ1) is 20.5. The number of hydrogen-bond acceptors (Lipinski definition) is 4. The molecule has 1 fully saturated rings. The Morgan fingerprint density at radius 2 is 2.03 bits per heavy atom. The summed E-state index contributed by atoms with van der Waals surface area (Å²) in [5, 5.41) is 2.98. The van der Waals surface area contributed by atoms with Crippen molar-refractivity contribution in [2.45, 2.75) is 44.4 Å². The highest BCUT2D eigenvalue weighted by Gasteiger charge is 2.19. The topological polar surface area (TPSA) is 58.1 Å². The van der Waals surface area contributed by atoms with Gasteiger partial charge < -0.3 is 10.2 Å². The van der Waals surface area contributed by atoms with E-state index in [4.69, 9.17) is 0 Å². The predicted octanol–water partition coefficient (Wildman–Crippen LogP) is 4.59. The van der Waals surface area contributed by atoms with E-state index in [0.29, 0.717) is 18.3 Å². The second-order valence-electron chi connectivity index (χ2n) is 8.49. The molecule has 4 rings (SSSR count). The number of anilines is 1. The van der Waals surface area contributed by atoms with Crippen molar-refractivity contribution in [1.82, 2.24) is 14.9 Å². The van der Waals surface area contributed by atoms with Crippen LogP contribution in [0, 0.1) is 6.92 Å². The summed E-state index contributed by atoms with van der Waals surface area (Å²) in [4.78, 5) is 23.7. The normalized spacial score (nSPS) is 20.1. The number of likely N-dealkylation sites (tertiary alicyclic amines) is 1. The number of allylic oxidation sites excluding steroid dienone is 3. The minimum absolute atomic E-state index is 0.00190. The van der Waals surface area contributed by atoms with Crippen LogP contribution in [0.3, 0.4) is 0 Å². The largest absolute Gasteiger partial charge is 0.324 e. The Bertz CT molecular complexity index is 940. The van der Waals surface area contributed by atoms with E-state index in [0.717, 1.165) is 55.0 Å². The van der Waals surface area contributed by atoms with Crippen molar-refractivity contribution in [3.05, 3.63) is 77.4 Å². The molecule has 0 aromatic carbocycles. The van der Waals surface area contributed by atoms with Crippen molar-refractivity contribution in [3.8, 4) is 0 Å². The maximum Gasteiger partial charge on any atom is 0.228 e. The molecule has 5 nitrogen and oxygen atoms in total. The van der Waals surface area contributed by atoms with E-state index < -0.39 is 0 Å². The number of pyridine rings is 2. The lowest BCUT2D eigenvalue weighted by Gasteiger charge is -2.28. The van der Waals surface area contributed by atoms with Gasteiger partial charge in [0.2, 0.25) is 5.91 Å². The third-order valence-corrected chi connectivity index (χ3v) is 6.10. The molecule has 2 aliphatic rings. The fourth-order valence-corrected chi connectivity index (χ4v) is 4.26.